The minimum absolute atomic E-state index is 0.0376. The number of amides is 1. The van der Waals surface area contributed by atoms with Gasteiger partial charge in [-0.2, -0.15) is 5.10 Å². The molecule has 0 saturated heterocycles. The number of hydrogen-bond acceptors (Lipinski definition) is 3. The summed E-state index contributed by atoms with van der Waals surface area (Å²) in [6, 6.07) is 6.80. The van der Waals surface area contributed by atoms with E-state index in [1.165, 1.54) is 12.1 Å². The molecule has 8 heteroatoms. The van der Waals surface area contributed by atoms with Crippen molar-refractivity contribution < 1.29 is 9.18 Å². The van der Waals surface area contributed by atoms with Gasteiger partial charge in [0.1, 0.15) is 11.3 Å². The Morgan fingerprint density at radius 3 is 2.94 bits per heavy atom. The first-order valence-corrected chi connectivity index (χ1v) is 10.3. The standard InChI is InChI=1S/C23H19ClFN5O/c1-3-18(31)29-9-10-30-17(12-29)20(14-7-8-26-23-19(14)13(2)11-27-23)22(28-30)15-5-4-6-16(24)21(15)25/h3-8,11H,1,9-10,12H2,2H3,(H,26,27). The molecule has 0 saturated carbocycles. The number of nitrogens with zero attached hydrogens (tertiary/aromatic N) is 4. The molecule has 6 nitrogen and oxygen atoms in total. The molecule has 4 heterocycles. The van der Waals surface area contributed by atoms with Crippen molar-refractivity contribution in [2.75, 3.05) is 6.54 Å². The second kappa shape index (κ2) is 7.35. The zero-order valence-corrected chi connectivity index (χ0v) is 17.6. The van der Waals surface area contributed by atoms with Gasteiger partial charge in [0.15, 0.2) is 5.82 Å². The number of aromatic amines is 1. The Kier molecular flexibility index (Phi) is 4.63. The van der Waals surface area contributed by atoms with Crippen molar-refractivity contribution in [3.05, 3.63) is 71.4 Å². The van der Waals surface area contributed by atoms with Crippen LogP contribution in [0.3, 0.4) is 0 Å². The molecular weight excluding hydrogens is 417 g/mol. The smallest absolute Gasteiger partial charge is 0.246 e. The summed E-state index contributed by atoms with van der Waals surface area (Å²) < 4.78 is 16.9. The van der Waals surface area contributed by atoms with Gasteiger partial charge in [0.25, 0.3) is 0 Å². The number of carbonyl (C=O) groups excluding carboxylic acids is 1. The van der Waals surface area contributed by atoms with Crippen LogP contribution >= 0.6 is 11.6 Å². The molecule has 3 aromatic heterocycles. The van der Waals surface area contributed by atoms with E-state index in [0.717, 1.165) is 33.4 Å². The van der Waals surface area contributed by atoms with Crippen LogP contribution < -0.4 is 0 Å². The Labute approximate surface area is 183 Å². The van der Waals surface area contributed by atoms with Crippen LogP contribution in [0, 0.1) is 12.7 Å². The van der Waals surface area contributed by atoms with E-state index in [9.17, 15) is 4.79 Å². The highest BCUT2D eigenvalue weighted by Gasteiger charge is 2.29. The number of aryl methyl sites for hydroxylation is 1. The van der Waals surface area contributed by atoms with Crippen molar-refractivity contribution in [1.82, 2.24) is 24.6 Å². The molecule has 0 fully saturated rings. The van der Waals surface area contributed by atoms with E-state index >= 15 is 4.39 Å². The number of hydrogen-bond donors (Lipinski definition) is 1. The van der Waals surface area contributed by atoms with E-state index < -0.39 is 5.82 Å². The number of aromatic nitrogens is 4. The molecule has 1 N–H and O–H groups in total. The molecular formula is C23H19ClFN5O. The molecule has 0 spiro atoms. The van der Waals surface area contributed by atoms with Gasteiger partial charge in [0.2, 0.25) is 5.91 Å². The number of nitrogens with one attached hydrogen (secondary N) is 1. The van der Waals surface area contributed by atoms with Crippen molar-refractivity contribution >= 4 is 28.5 Å². The highest BCUT2D eigenvalue weighted by atomic mass is 35.5. The highest BCUT2D eigenvalue weighted by molar-refractivity contribution is 6.31. The van der Waals surface area contributed by atoms with Gasteiger partial charge >= 0.3 is 0 Å². The molecule has 1 aromatic carbocycles. The lowest BCUT2D eigenvalue weighted by atomic mass is 9.95. The van der Waals surface area contributed by atoms with Crippen molar-refractivity contribution in [1.29, 1.82) is 0 Å². The largest absolute Gasteiger partial charge is 0.346 e. The first-order valence-electron chi connectivity index (χ1n) is 9.88. The van der Waals surface area contributed by atoms with Crippen LogP contribution in [0.4, 0.5) is 4.39 Å². The molecule has 0 atom stereocenters. The van der Waals surface area contributed by atoms with Crippen LogP contribution in [-0.4, -0.2) is 37.1 Å². The third-order valence-electron chi connectivity index (χ3n) is 5.71. The molecule has 4 aromatic rings. The SMILES string of the molecule is C=CC(=O)N1CCn2nc(-c3cccc(Cl)c3F)c(-c3ccnc4[nH]cc(C)c34)c2C1. The monoisotopic (exact) mass is 435 g/mol. The van der Waals surface area contributed by atoms with Crippen LogP contribution in [0.1, 0.15) is 11.3 Å². The normalized spacial score (nSPS) is 13.5. The predicted molar refractivity (Wildman–Crippen MR) is 118 cm³/mol. The Morgan fingerprint density at radius 1 is 1.29 bits per heavy atom. The molecule has 5 rings (SSSR count). The van der Waals surface area contributed by atoms with E-state index in [2.05, 4.69) is 16.5 Å². The van der Waals surface area contributed by atoms with Crippen molar-refractivity contribution in [3.8, 4) is 22.4 Å². The Balaban J connectivity index is 1.82. The average Bonchev–Trinajstić information content (AvgIpc) is 3.35. The lowest BCUT2D eigenvalue weighted by Crippen LogP contribution is -2.37. The van der Waals surface area contributed by atoms with Gasteiger partial charge in [0, 0.05) is 35.5 Å². The van der Waals surface area contributed by atoms with Gasteiger partial charge in [-0.3, -0.25) is 9.48 Å². The highest BCUT2D eigenvalue weighted by Crippen LogP contribution is 2.41. The number of halogens is 2. The molecule has 156 valence electrons. The summed E-state index contributed by atoms with van der Waals surface area (Å²) in [7, 11) is 0. The van der Waals surface area contributed by atoms with E-state index in [1.54, 1.807) is 23.2 Å². The number of benzene rings is 1. The maximum absolute atomic E-state index is 15.1. The Bertz CT molecular complexity index is 1360. The van der Waals surface area contributed by atoms with Crippen molar-refractivity contribution in [2.24, 2.45) is 0 Å². The number of rotatable bonds is 3. The maximum atomic E-state index is 15.1. The number of fused-ring (bicyclic) bond motifs is 2. The van der Waals surface area contributed by atoms with Crippen LogP contribution in [0.2, 0.25) is 5.02 Å². The predicted octanol–water partition coefficient (Wildman–Crippen LogP) is 4.72. The minimum Gasteiger partial charge on any atom is -0.346 e. The van der Waals surface area contributed by atoms with Gasteiger partial charge in [0.05, 0.1) is 23.8 Å². The summed E-state index contributed by atoms with van der Waals surface area (Å²) in [5.74, 6) is -0.664. The molecule has 0 aliphatic carbocycles. The first-order chi connectivity index (χ1) is 15.0. The summed E-state index contributed by atoms with van der Waals surface area (Å²) in [4.78, 5) is 21.6. The lowest BCUT2D eigenvalue weighted by molar-refractivity contribution is -0.127. The Hall–Kier alpha value is -3.45. The topological polar surface area (TPSA) is 66.8 Å². The first kappa shape index (κ1) is 19.5. The fraction of sp³-hybridized carbons (Fsp3) is 0.174. The third-order valence-corrected chi connectivity index (χ3v) is 6.00. The molecule has 1 amide bonds. The van der Waals surface area contributed by atoms with Crippen molar-refractivity contribution in [3.63, 3.8) is 0 Å². The number of pyridine rings is 1. The summed E-state index contributed by atoms with van der Waals surface area (Å²) in [6.07, 6.45) is 4.92. The van der Waals surface area contributed by atoms with Crippen LogP contribution in [0.5, 0.6) is 0 Å². The molecule has 0 unspecified atom stereocenters. The molecule has 1 aliphatic rings. The fourth-order valence-electron chi connectivity index (χ4n) is 4.22. The summed E-state index contributed by atoms with van der Waals surface area (Å²) >= 11 is 6.09. The zero-order valence-electron chi connectivity index (χ0n) is 16.8. The van der Waals surface area contributed by atoms with E-state index in [4.69, 9.17) is 16.7 Å². The van der Waals surface area contributed by atoms with Crippen molar-refractivity contribution in [2.45, 2.75) is 20.0 Å². The number of carbonyl (C=O) groups is 1. The third kappa shape index (κ3) is 3.04. The van der Waals surface area contributed by atoms with Gasteiger partial charge < -0.3 is 9.88 Å². The number of H-pyrrole nitrogens is 1. The molecule has 0 radical (unpaired) electrons. The second-order valence-electron chi connectivity index (χ2n) is 7.51. The van der Waals surface area contributed by atoms with Crippen LogP contribution in [-0.2, 0) is 17.9 Å². The van der Waals surface area contributed by atoms with E-state index in [-0.39, 0.29) is 10.9 Å². The lowest BCUT2D eigenvalue weighted by Gasteiger charge is -2.27. The van der Waals surface area contributed by atoms with Gasteiger partial charge in [-0.1, -0.05) is 24.2 Å². The quantitative estimate of drug-likeness (QED) is 0.473. The second-order valence-corrected chi connectivity index (χ2v) is 7.92. The fourth-order valence-corrected chi connectivity index (χ4v) is 4.40. The Morgan fingerprint density at radius 2 is 2.13 bits per heavy atom. The summed E-state index contributed by atoms with van der Waals surface area (Å²) in [5, 5.41) is 5.74. The zero-order chi connectivity index (χ0) is 21.7. The van der Waals surface area contributed by atoms with E-state index in [0.29, 0.717) is 30.9 Å². The van der Waals surface area contributed by atoms with E-state index in [1.807, 2.05) is 23.9 Å². The van der Waals surface area contributed by atoms with Gasteiger partial charge in [-0.15, -0.1) is 0 Å². The van der Waals surface area contributed by atoms with Crippen LogP contribution in [0.15, 0.2) is 49.3 Å². The molecule has 1 aliphatic heterocycles. The van der Waals surface area contributed by atoms with Gasteiger partial charge in [-0.05, 0) is 42.3 Å². The minimum atomic E-state index is -0.518. The molecule has 0 bridgehead atoms. The summed E-state index contributed by atoms with van der Waals surface area (Å²) in [5.41, 5.74) is 5.07. The summed E-state index contributed by atoms with van der Waals surface area (Å²) in [6.45, 7) is 6.95. The maximum Gasteiger partial charge on any atom is 0.246 e. The molecule has 31 heavy (non-hydrogen) atoms. The average molecular weight is 436 g/mol. The van der Waals surface area contributed by atoms with Crippen LogP contribution in [0.25, 0.3) is 33.4 Å². The van der Waals surface area contributed by atoms with Gasteiger partial charge in [-0.25, -0.2) is 9.37 Å².